The normalized spacial score (nSPS) is 15.1. The van der Waals surface area contributed by atoms with Crippen LogP contribution in [0.15, 0.2) is 60.8 Å². The maximum Gasteiger partial charge on any atom is 0.416 e. The van der Waals surface area contributed by atoms with E-state index < -0.39 is 11.7 Å². The molecule has 1 saturated heterocycles. The number of unbranched alkanes of at least 4 members (excludes halogenated alkanes) is 1. The standard InChI is InChI=1S/C25H27F3N4O/c26-25(27,28)19-6-5-7-20(18-19)32-16-14-31(15-17-32)13-4-3-11-30-24(33)22-10-12-29-23-9-2-1-8-21(22)23/h1-2,5-10,12,18H,3-4,11,13-17H2,(H,30,33). The van der Waals surface area contributed by atoms with Gasteiger partial charge in [-0.1, -0.05) is 24.3 Å². The lowest BCUT2D eigenvalue weighted by Gasteiger charge is -2.36. The van der Waals surface area contributed by atoms with Crippen LogP contribution in [0.25, 0.3) is 10.9 Å². The minimum atomic E-state index is -4.32. The van der Waals surface area contributed by atoms with Gasteiger partial charge >= 0.3 is 6.18 Å². The highest BCUT2D eigenvalue weighted by molar-refractivity contribution is 6.05. The number of hydrogen-bond donors (Lipinski definition) is 1. The first-order valence-corrected chi connectivity index (χ1v) is 11.2. The van der Waals surface area contributed by atoms with Crippen molar-refractivity contribution >= 4 is 22.5 Å². The average Bonchev–Trinajstić information content (AvgIpc) is 2.83. The van der Waals surface area contributed by atoms with E-state index >= 15 is 0 Å². The predicted molar refractivity (Wildman–Crippen MR) is 123 cm³/mol. The van der Waals surface area contributed by atoms with Gasteiger partial charge in [0.1, 0.15) is 0 Å². The zero-order valence-electron chi connectivity index (χ0n) is 18.3. The molecule has 8 heteroatoms. The SMILES string of the molecule is O=C(NCCCCN1CCN(c2cccc(C(F)(F)F)c2)CC1)c1ccnc2ccccc12. The van der Waals surface area contributed by atoms with E-state index in [2.05, 4.69) is 15.2 Å². The number of para-hydroxylation sites is 1. The second kappa shape index (κ2) is 10.2. The molecule has 1 aromatic heterocycles. The van der Waals surface area contributed by atoms with Gasteiger partial charge in [0.2, 0.25) is 0 Å². The van der Waals surface area contributed by atoms with Crippen molar-refractivity contribution in [2.45, 2.75) is 19.0 Å². The molecular weight excluding hydrogens is 429 g/mol. The number of carbonyl (C=O) groups excluding carboxylic acids is 1. The number of amides is 1. The van der Waals surface area contributed by atoms with E-state index in [-0.39, 0.29) is 5.91 Å². The molecule has 1 N–H and O–H groups in total. The number of benzene rings is 2. The molecule has 2 heterocycles. The Bertz CT molecular complexity index is 1090. The van der Waals surface area contributed by atoms with Crippen molar-refractivity contribution in [1.82, 2.24) is 15.2 Å². The maximum atomic E-state index is 13.0. The number of hydrogen-bond acceptors (Lipinski definition) is 4. The number of carbonyl (C=O) groups is 1. The van der Waals surface area contributed by atoms with E-state index in [9.17, 15) is 18.0 Å². The van der Waals surface area contributed by atoms with Crippen LogP contribution < -0.4 is 10.2 Å². The summed E-state index contributed by atoms with van der Waals surface area (Å²) < 4.78 is 38.9. The van der Waals surface area contributed by atoms with Crippen LogP contribution in [-0.2, 0) is 6.18 Å². The van der Waals surface area contributed by atoms with Crippen molar-refractivity contribution in [1.29, 1.82) is 0 Å². The van der Waals surface area contributed by atoms with Gasteiger partial charge in [0, 0.05) is 50.0 Å². The number of piperazine rings is 1. The molecule has 0 bridgehead atoms. The Morgan fingerprint density at radius 3 is 2.55 bits per heavy atom. The minimum Gasteiger partial charge on any atom is -0.369 e. The van der Waals surface area contributed by atoms with Crippen LogP contribution in [0.1, 0.15) is 28.8 Å². The van der Waals surface area contributed by atoms with E-state index in [1.165, 1.54) is 12.1 Å². The third-order valence-corrected chi connectivity index (χ3v) is 5.99. The monoisotopic (exact) mass is 456 g/mol. The van der Waals surface area contributed by atoms with Crippen molar-refractivity contribution in [3.05, 3.63) is 71.9 Å². The Kier molecular flexibility index (Phi) is 7.13. The molecule has 1 aliphatic rings. The van der Waals surface area contributed by atoms with Gasteiger partial charge in [0.25, 0.3) is 5.91 Å². The topological polar surface area (TPSA) is 48.5 Å². The lowest BCUT2D eigenvalue weighted by Crippen LogP contribution is -2.46. The van der Waals surface area contributed by atoms with E-state index in [1.807, 2.05) is 29.2 Å². The number of fused-ring (bicyclic) bond motifs is 1. The van der Waals surface area contributed by atoms with Gasteiger partial charge in [-0.15, -0.1) is 0 Å². The van der Waals surface area contributed by atoms with Crippen LogP contribution in [-0.4, -0.2) is 55.1 Å². The molecular formula is C25H27F3N4O. The molecule has 0 saturated carbocycles. The van der Waals surface area contributed by atoms with Gasteiger partial charge in [-0.3, -0.25) is 14.7 Å². The van der Waals surface area contributed by atoms with Crippen molar-refractivity contribution in [2.75, 3.05) is 44.2 Å². The number of pyridine rings is 1. The highest BCUT2D eigenvalue weighted by Crippen LogP contribution is 2.31. The van der Waals surface area contributed by atoms with Crippen molar-refractivity contribution in [2.24, 2.45) is 0 Å². The molecule has 5 nitrogen and oxygen atoms in total. The fourth-order valence-corrected chi connectivity index (χ4v) is 4.16. The van der Waals surface area contributed by atoms with Crippen LogP contribution in [0, 0.1) is 0 Å². The van der Waals surface area contributed by atoms with Gasteiger partial charge in [0.05, 0.1) is 16.6 Å². The molecule has 0 radical (unpaired) electrons. The van der Waals surface area contributed by atoms with Gasteiger partial charge in [-0.05, 0) is 49.7 Å². The van der Waals surface area contributed by atoms with Crippen LogP contribution in [0.5, 0.6) is 0 Å². The summed E-state index contributed by atoms with van der Waals surface area (Å²) in [6, 6.07) is 14.9. The highest BCUT2D eigenvalue weighted by atomic mass is 19.4. The Labute approximate surface area is 191 Å². The first kappa shape index (κ1) is 23.0. The quantitative estimate of drug-likeness (QED) is 0.529. The summed E-state index contributed by atoms with van der Waals surface area (Å²) in [4.78, 5) is 21.2. The largest absolute Gasteiger partial charge is 0.416 e. The predicted octanol–water partition coefficient (Wildman–Crippen LogP) is 4.59. The molecule has 2 aromatic carbocycles. The molecule has 174 valence electrons. The average molecular weight is 457 g/mol. The Morgan fingerprint density at radius 2 is 1.76 bits per heavy atom. The summed E-state index contributed by atoms with van der Waals surface area (Å²) in [5.74, 6) is -0.0942. The summed E-state index contributed by atoms with van der Waals surface area (Å²) in [6.45, 7) is 4.53. The second-order valence-electron chi connectivity index (χ2n) is 8.22. The fraction of sp³-hybridized carbons (Fsp3) is 0.360. The summed E-state index contributed by atoms with van der Waals surface area (Å²) in [5.41, 5.74) is 1.45. The summed E-state index contributed by atoms with van der Waals surface area (Å²) in [5, 5.41) is 3.83. The molecule has 0 atom stereocenters. The summed E-state index contributed by atoms with van der Waals surface area (Å²) >= 11 is 0. The van der Waals surface area contributed by atoms with Crippen molar-refractivity contribution < 1.29 is 18.0 Å². The molecule has 1 fully saturated rings. The zero-order chi connectivity index (χ0) is 23.3. The molecule has 1 amide bonds. The molecule has 0 unspecified atom stereocenters. The van der Waals surface area contributed by atoms with E-state index in [4.69, 9.17) is 0 Å². The first-order valence-electron chi connectivity index (χ1n) is 11.2. The van der Waals surface area contributed by atoms with E-state index in [1.54, 1.807) is 18.3 Å². The first-order chi connectivity index (χ1) is 15.9. The minimum absolute atomic E-state index is 0.0942. The van der Waals surface area contributed by atoms with Crippen LogP contribution >= 0.6 is 0 Å². The summed E-state index contributed by atoms with van der Waals surface area (Å²) in [7, 11) is 0. The summed E-state index contributed by atoms with van der Waals surface area (Å²) in [6.07, 6.45) is -0.864. The Balaban J connectivity index is 1.18. The smallest absolute Gasteiger partial charge is 0.369 e. The number of aromatic nitrogens is 1. The van der Waals surface area contributed by atoms with Crippen molar-refractivity contribution in [3.8, 4) is 0 Å². The second-order valence-corrected chi connectivity index (χ2v) is 8.22. The Hall–Kier alpha value is -3.13. The van der Waals surface area contributed by atoms with Crippen LogP contribution in [0.3, 0.4) is 0 Å². The fourth-order valence-electron chi connectivity index (χ4n) is 4.16. The zero-order valence-corrected chi connectivity index (χ0v) is 18.3. The molecule has 1 aliphatic heterocycles. The number of alkyl halides is 3. The number of rotatable bonds is 7. The molecule has 3 aromatic rings. The van der Waals surface area contributed by atoms with E-state index in [0.717, 1.165) is 49.4 Å². The number of nitrogens with zero attached hydrogens (tertiary/aromatic N) is 3. The van der Waals surface area contributed by atoms with Crippen LogP contribution in [0.4, 0.5) is 18.9 Å². The maximum absolute atomic E-state index is 13.0. The highest BCUT2D eigenvalue weighted by Gasteiger charge is 2.31. The Morgan fingerprint density at radius 1 is 0.970 bits per heavy atom. The lowest BCUT2D eigenvalue weighted by atomic mass is 10.1. The molecule has 33 heavy (non-hydrogen) atoms. The third-order valence-electron chi connectivity index (χ3n) is 5.99. The third kappa shape index (κ3) is 5.82. The molecule has 4 rings (SSSR count). The van der Waals surface area contributed by atoms with Gasteiger partial charge in [-0.2, -0.15) is 13.2 Å². The van der Waals surface area contributed by atoms with Crippen LogP contribution in [0.2, 0.25) is 0 Å². The number of nitrogens with one attached hydrogen (secondary N) is 1. The van der Waals surface area contributed by atoms with Gasteiger partial charge in [-0.25, -0.2) is 0 Å². The molecule has 0 aliphatic carbocycles. The van der Waals surface area contributed by atoms with E-state index in [0.29, 0.717) is 30.9 Å². The van der Waals surface area contributed by atoms with Gasteiger partial charge in [0.15, 0.2) is 0 Å². The lowest BCUT2D eigenvalue weighted by molar-refractivity contribution is -0.137. The number of anilines is 1. The number of halogens is 3. The van der Waals surface area contributed by atoms with Gasteiger partial charge < -0.3 is 10.2 Å². The molecule has 0 spiro atoms. The van der Waals surface area contributed by atoms with Crippen molar-refractivity contribution in [3.63, 3.8) is 0 Å².